The van der Waals surface area contributed by atoms with Crippen LogP contribution in [0.25, 0.3) is 0 Å². The van der Waals surface area contributed by atoms with Crippen LogP contribution in [0.15, 0.2) is 18.2 Å². The molecule has 1 saturated carbocycles. The van der Waals surface area contributed by atoms with Gasteiger partial charge in [0.25, 0.3) is 0 Å². The van der Waals surface area contributed by atoms with E-state index < -0.39 is 0 Å². The van der Waals surface area contributed by atoms with Crippen molar-refractivity contribution in [2.75, 3.05) is 11.9 Å². The summed E-state index contributed by atoms with van der Waals surface area (Å²) >= 11 is 0. The fourth-order valence-electron chi connectivity index (χ4n) is 2.92. The molecule has 1 aliphatic rings. The zero-order valence-electron chi connectivity index (χ0n) is 12.7. The lowest BCUT2D eigenvalue weighted by molar-refractivity contribution is 0.260. The van der Waals surface area contributed by atoms with E-state index in [1.54, 1.807) is 0 Å². The lowest BCUT2D eigenvalue weighted by Gasteiger charge is -2.33. The second-order valence-corrected chi connectivity index (χ2v) is 6.04. The fraction of sp³-hybridized carbons (Fsp3) is 0.647. The summed E-state index contributed by atoms with van der Waals surface area (Å²) in [5.74, 6) is 2.67. The molecule has 0 bridgehead atoms. The maximum atomic E-state index is 5.74. The van der Waals surface area contributed by atoms with Crippen LogP contribution < -0.4 is 10.1 Å². The van der Waals surface area contributed by atoms with E-state index in [0.717, 1.165) is 29.9 Å². The summed E-state index contributed by atoms with van der Waals surface area (Å²) in [6.07, 6.45) is 3.86. The molecule has 3 unspecified atom stereocenters. The van der Waals surface area contributed by atoms with Crippen molar-refractivity contribution < 1.29 is 4.74 Å². The van der Waals surface area contributed by atoms with E-state index in [4.69, 9.17) is 4.74 Å². The van der Waals surface area contributed by atoms with Gasteiger partial charge in [0.05, 0.1) is 12.3 Å². The second kappa shape index (κ2) is 6.31. The molecule has 2 heteroatoms. The van der Waals surface area contributed by atoms with Gasteiger partial charge in [0.2, 0.25) is 0 Å². The molecule has 1 fully saturated rings. The monoisotopic (exact) mass is 261 g/mol. The van der Waals surface area contributed by atoms with Crippen molar-refractivity contribution in [1.29, 1.82) is 0 Å². The molecule has 19 heavy (non-hydrogen) atoms. The molecule has 1 aliphatic carbocycles. The van der Waals surface area contributed by atoms with Crippen LogP contribution in [0.2, 0.25) is 0 Å². The van der Waals surface area contributed by atoms with Crippen molar-refractivity contribution in [3.63, 3.8) is 0 Å². The normalized spacial score (nSPS) is 27.1. The Hall–Kier alpha value is -1.18. The van der Waals surface area contributed by atoms with Gasteiger partial charge in [-0.05, 0) is 62.6 Å². The highest BCUT2D eigenvalue weighted by molar-refractivity contribution is 5.58. The van der Waals surface area contributed by atoms with Gasteiger partial charge in [-0.25, -0.2) is 0 Å². The molecule has 2 rings (SSSR count). The molecule has 0 aliphatic heterocycles. The Morgan fingerprint density at radius 3 is 2.68 bits per heavy atom. The highest BCUT2D eigenvalue weighted by Gasteiger charge is 2.24. The minimum atomic E-state index is 0.591. The Labute approximate surface area is 117 Å². The molecule has 1 aromatic carbocycles. The average molecular weight is 261 g/mol. The first-order valence-electron chi connectivity index (χ1n) is 7.60. The number of nitrogens with one attached hydrogen (secondary N) is 1. The van der Waals surface area contributed by atoms with Gasteiger partial charge in [0.1, 0.15) is 5.75 Å². The van der Waals surface area contributed by atoms with Crippen LogP contribution in [0.3, 0.4) is 0 Å². The molecule has 0 aromatic heterocycles. The van der Waals surface area contributed by atoms with Gasteiger partial charge in [-0.3, -0.25) is 0 Å². The Morgan fingerprint density at radius 1 is 1.21 bits per heavy atom. The van der Waals surface area contributed by atoms with Crippen LogP contribution in [0.1, 0.15) is 45.6 Å². The largest absolute Gasteiger partial charge is 0.492 e. The van der Waals surface area contributed by atoms with Crippen LogP contribution in [0.4, 0.5) is 5.69 Å². The molecule has 3 atom stereocenters. The van der Waals surface area contributed by atoms with E-state index in [9.17, 15) is 0 Å². The zero-order valence-corrected chi connectivity index (χ0v) is 12.7. The smallest absolute Gasteiger partial charge is 0.142 e. The van der Waals surface area contributed by atoms with E-state index >= 15 is 0 Å². The zero-order chi connectivity index (χ0) is 13.8. The third-order valence-corrected chi connectivity index (χ3v) is 4.39. The highest BCUT2D eigenvalue weighted by atomic mass is 16.5. The second-order valence-electron chi connectivity index (χ2n) is 6.04. The SMILES string of the molecule is CCOc1cc(C)ccc1NC1CCC(C)C(C)C1. The molecule has 0 heterocycles. The third kappa shape index (κ3) is 3.65. The van der Waals surface area contributed by atoms with Gasteiger partial charge < -0.3 is 10.1 Å². The summed E-state index contributed by atoms with van der Waals surface area (Å²) < 4.78 is 5.74. The minimum Gasteiger partial charge on any atom is -0.492 e. The molecular formula is C17H27NO. The lowest BCUT2D eigenvalue weighted by Crippen LogP contribution is -2.30. The molecular weight excluding hydrogens is 234 g/mol. The van der Waals surface area contributed by atoms with Crippen molar-refractivity contribution in [2.45, 2.75) is 53.0 Å². The van der Waals surface area contributed by atoms with E-state index in [1.165, 1.54) is 24.8 Å². The van der Waals surface area contributed by atoms with Crippen molar-refractivity contribution in [1.82, 2.24) is 0 Å². The van der Waals surface area contributed by atoms with Gasteiger partial charge in [-0.15, -0.1) is 0 Å². The number of hydrogen-bond donors (Lipinski definition) is 1. The molecule has 0 saturated heterocycles. The summed E-state index contributed by atoms with van der Waals surface area (Å²) in [4.78, 5) is 0. The average Bonchev–Trinajstić information content (AvgIpc) is 2.37. The number of benzene rings is 1. The van der Waals surface area contributed by atoms with Crippen molar-refractivity contribution >= 4 is 5.69 Å². The van der Waals surface area contributed by atoms with Gasteiger partial charge in [-0.1, -0.05) is 19.9 Å². The Kier molecular flexibility index (Phi) is 4.73. The topological polar surface area (TPSA) is 21.3 Å². The molecule has 1 aromatic rings. The Bertz CT molecular complexity index is 416. The first kappa shape index (κ1) is 14.2. The number of hydrogen-bond acceptors (Lipinski definition) is 2. The minimum absolute atomic E-state index is 0.591. The van der Waals surface area contributed by atoms with Gasteiger partial charge in [0.15, 0.2) is 0 Å². The summed E-state index contributed by atoms with van der Waals surface area (Å²) in [5, 5.41) is 3.69. The van der Waals surface area contributed by atoms with Crippen LogP contribution in [0, 0.1) is 18.8 Å². The summed E-state index contributed by atoms with van der Waals surface area (Å²) in [6, 6.07) is 7.02. The third-order valence-electron chi connectivity index (χ3n) is 4.39. The standard InChI is InChI=1S/C17H27NO/c1-5-19-17-10-12(2)6-9-16(17)18-15-8-7-13(3)14(4)11-15/h6,9-10,13-15,18H,5,7-8,11H2,1-4H3. The fourth-order valence-corrected chi connectivity index (χ4v) is 2.92. The van der Waals surface area contributed by atoms with Crippen molar-refractivity contribution in [3.05, 3.63) is 23.8 Å². The summed E-state index contributed by atoms with van der Waals surface area (Å²) in [5.41, 5.74) is 2.40. The Balaban J connectivity index is 2.06. The molecule has 0 spiro atoms. The van der Waals surface area contributed by atoms with Crippen LogP contribution in [-0.4, -0.2) is 12.6 Å². The quantitative estimate of drug-likeness (QED) is 0.853. The van der Waals surface area contributed by atoms with Crippen molar-refractivity contribution in [3.8, 4) is 5.75 Å². The van der Waals surface area contributed by atoms with E-state index in [0.29, 0.717) is 6.04 Å². The molecule has 2 nitrogen and oxygen atoms in total. The van der Waals surface area contributed by atoms with Crippen LogP contribution >= 0.6 is 0 Å². The number of aryl methyl sites for hydroxylation is 1. The van der Waals surface area contributed by atoms with E-state index in [1.807, 2.05) is 6.92 Å². The lowest BCUT2D eigenvalue weighted by atomic mass is 9.79. The number of rotatable bonds is 4. The Morgan fingerprint density at radius 2 is 2.00 bits per heavy atom. The van der Waals surface area contributed by atoms with Crippen LogP contribution in [0.5, 0.6) is 5.75 Å². The van der Waals surface area contributed by atoms with E-state index in [2.05, 4.69) is 44.3 Å². The molecule has 106 valence electrons. The first-order valence-corrected chi connectivity index (χ1v) is 7.60. The van der Waals surface area contributed by atoms with Gasteiger partial charge in [0, 0.05) is 6.04 Å². The summed E-state index contributed by atoms with van der Waals surface area (Å²) in [6.45, 7) is 9.61. The number of ether oxygens (including phenoxy) is 1. The maximum absolute atomic E-state index is 5.74. The molecule has 1 N–H and O–H groups in total. The highest BCUT2D eigenvalue weighted by Crippen LogP contribution is 2.33. The first-order chi connectivity index (χ1) is 9.10. The van der Waals surface area contributed by atoms with Crippen LogP contribution in [-0.2, 0) is 0 Å². The predicted molar refractivity (Wildman–Crippen MR) is 81.9 cm³/mol. The van der Waals surface area contributed by atoms with Crippen molar-refractivity contribution in [2.24, 2.45) is 11.8 Å². The molecule has 0 radical (unpaired) electrons. The maximum Gasteiger partial charge on any atom is 0.142 e. The summed E-state index contributed by atoms with van der Waals surface area (Å²) in [7, 11) is 0. The van der Waals surface area contributed by atoms with Gasteiger partial charge >= 0.3 is 0 Å². The predicted octanol–water partition coefficient (Wildman–Crippen LogP) is 4.63. The van der Waals surface area contributed by atoms with Gasteiger partial charge in [-0.2, -0.15) is 0 Å². The number of anilines is 1. The molecule has 0 amide bonds. The van der Waals surface area contributed by atoms with E-state index in [-0.39, 0.29) is 0 Å².